The van der Waals surface area contributed by atoms with Gasteiger partial charge < -0.3 is 10.5 Å². The summed E-state index contributed by atoms with van der Waals surface area (Å²) in [4.78, 5) is 0. The van der Waals surface area contributed by atoms with Crippen LogP contribution in [0.2, 0.25) is 0 Å². The van der Waals surface area contributed by atoms with Crippen LogP contribution in [0.3, 0.4) is 0 Å². The van der Waals surface area contributed by atoms with Gasteiger partial charge in [0, 0.05) is 6.04 Å². The summed E-state index contributed by atoms with van der Waals surface area (Å²) in [5.74, 6) is 0. The zero-order valence-corrected chi connectivity index (χ0v) is 7.76. The molecule has 0 aromatic heterocycles. The monoisotopic (exact) mass is 157 g/mol. The minimum absolute atomic E-state index is 0.241. The van der Waals surface area contributed by atoms with Crippen LogP contribution in [-0.2, 0) is 4.74 Å². The molecular formula is C9H19NO. The molecule has 1 atom stereocenters. The zero-order valence-electron chi connectivity index (χ0n) is 7.76. The highest BCUT2D eigenvalue weighted by molar-refractivity contribution is 4.97. The molecule has 0 aromatic carbocycles. The SMILES string of the molecule is CC(C)OCC(N)C1(C)CC1. The maximum Gasteiger partial charge on any atom is 0.0626 e. The average molecular weight is 157 g/mol. The van der Waals surface area contributed by atoms with E-state index in [0.29, 0.717) is 18.1 Å². The van der Waals surface area contributed by atoms with Crippen LogP contribution in [-0.4, -0.2) is 18.8 Å². The number of nitrogens with two attached hydrogens (primary N) is 1. The van der Waals surface area contributed by atoms with E-state index < -0.39 is 0 Å². The molecule has 0 aromatic rings. The van der Waals surface area contributed by atoms with Crippen molar-refractivity contribution in [3.05, 3.63) is 0 Å². The van der Waals surface area contributed by atoms with E-state index in [2.05, 4.69) is 6.92 Å². The third kappa shape index (κ3) is 2.46. The fourth-order valence-corrected chi connectivity index (χ4v) is 1.07. The molecule has 11 heavy (non-hydrogen) atoms. The van der Waals surface area contributed by atoms with Crippen molar-refractivity contribution in [2.75, 3.05) is 6.61 Å². The zero-order chi connectivity index (χ0) is 8.48. The van der Waals surface area contributed by atoms with E-state index in [1.54, 1.807) is 0 Å². The molecule has 2 N–H and O–H groups in total. The third-order valence-corrected chi connectivity index (χ3v) is 2.54. The van der Waals surface area contributed by atoms with E-state index in [4.69, 9.17) is 10.5 Å². The summed E-state index contributed by atoms with van der Waals surface area (Å²) < 4.78 is 5.45. The first-order chi connectivity index (χ1) is 5.04. The van der Waals surface area contributed by atoms with Gasteiger partial charge in [0.05, 0.1) is 12.7 Å². The molecule has 2 heteroatoms. The first kappa shape index (κ1) is 9.01. The first-order valence-electron chi connectivity index (χ1n) is 4.42. The topological polar surface area (TPSA) is 35.2 Å². The van der Waals surface area contributed by atoms with Crippen LogP contribution in [0.5, 0.6) is 0 Å². The summed E-state index contributed by atoms with van der Waals surface area (Å²) in [6.45, 7) is 7.04. The van der Waals surface area contributed by atoms with Gasteiger partial charge >= 0.3 is 0 Å². The van der Waals surface area contributed by atoms with Crippen molar-refractivity contribution in [3.8, 4) is 0 Å². The molecular weight excluding hydrogens is 138 g/mol. The standard InChI is InChI=1S/C9H19NO/c1-7(2)11-6-8(10)9(3)4-5-9/h7-8H,4-6,10H2,1-3H3. The molecule has 1 unspecified atom stereocenters. The second-order valence-electron chi connectivity index (χ2n) is 4.14. The lowest BCUT2D eigenvalue weighted by atomic mass is 10.0. The predicted molar refractivity (Wildman–Crippen MR) is 46.4 cm³/mol. The molecule has 0 aliphatic heterocycles. The van der Waals surface area contributed by atoms with Crippen LogP contribution in [0.25, 0.3) is 0 Å². The fourth-order valence-electron chi connectivity index (χ4n) is 1.07. The third-order valence-electron chi connectivity index (χ3n) is 2.54. The summed E-state index contributed by atoms with van der Waals surface area (Å²) in [5, 5.41) is 0. The van der Waals surface area contributed by atoms with Crippen molar-refractivity contribution in [2.45, 2.75) is 45.8 Å². The second-order valence-corrected chi connectivity index (χ2v) is 4.14. The Morgan fingerprint density at radius 3 is 2.36 bits per heavy atom. The Hall–Kier alpha value is -0.0800. The molecule has 0 saturated heterocycles. The van der Waals surface area contributed by atoms with Crippen LogP contribution < -0.4 is 5.73 Å². The van der Waals surface area contributed by atoms with E-state index >= 15 is 0 Å². The van der Waals surface area contributed by atoms with Crippen molar-refractivity contribution < 1.29 is 4.74 Å². The van der Waals surface area contributed by atoms with E-state index in [1.807, 2.05) is 13.8 Å². The van der Waals surface area contributed by atoms with Gasteiger partial charge in [0.25, 0.3) is 0 Å². The molecule has 0 spiro atoms. The maximum atomic E-state index is 5.94. The van der Waals surface area contributed by atoms with Gasteiger partial charge in [0.15, 0.2) is 0 Å². The van der Waals surface area contributed by atoms with E-state index in [9.17, 15) is 0 Å². The minimum atomic E-state index is 0.241. The van der Waals surface area contributed by atoms with Gasteiger partial charge in [0.1, 0.15) is 0 Å². The molecule has 1 rings (SSSR count). The molecule has 0 bridgehead atoms. The summed E-state index contributed by atoms with van der Waals surface area (Å²) in [7, 11) is 0. The molecule has 66 valence electrons. The lowest BCUT2D eigenvalue weighted by molar-refractivity contribution is 0.0560. The first-order valence-corrected chi connectivity index (χ1v) is 4.42. The number of hydrogen-bond donors (Lipinski definition) is 1. The van der Waals surface area contributed by atoms with Gasteiger partial charge in [-0.15, -0.1) is 0 Å². The van der Waals surface area contributed by atoms with Crippen molar-refractivity contribution in [2.24, 2.45) is 11.1 Å². The quantitative estimate of drug-likeness (QED) is 0.672. The highest BCUT2D eigenvalue weighted by atomic mass is 16.5. The Labute approximate surface area is 69.1 Å². The molecule has 0 radical (unpaired) electrons. The number of rotatable bonds is 4. The summed E-state index contributed by atoms with van der Waals surface area (Å²) >= 11 is 0. The minimum Gasteiger partial charge on any atom is -0.377 e. The van der Waals surface area contributed by atoms with Crippen molar-refractivity contribution in [3.63, 3.8) is 0 Å². The van der Waals surface area contributed by atoms with Crippen LogP contribution >= 0.6 is 0 Å². The molecule has 1 aliphatic rings. The normalized spacial score (nSPS) is 23.7. The molecule has 2 nitrogen and oxygen atoms in total. The Balaban J connectivity index is 2.16. The van der Waals surface area contributed by atoms with E-state index in [-0.39, 0.29) is 6.04 Å². The van der Waals surface area contributed by atoms with Gasteiger partial charge in [-0.05, 0) is 32.1 Å². The van der Waals surface area contributed by atoms with Crippen molar-refractivity contribution >= 4 is 0 Å². The van der Waals surface area contributed by atoms with Gasteiger partial charge in [0.2, 0.25) is 0 Å². The largest absolute Gasteiger partial charge is 0.377 e. The molecule has 0 amide bonds. The number of ether oxygens (including phenoxy) is 1. The van der Waals surface area contributed by atoms with E-state index in [1.165, 1.54) is 12.8 Å². The maximum absolute atomic E-state index is 5.94. The average Bonchev–Trinajstić information content (AvgIpc) is 2.64. The van der Waals surface area contributed by atoms with Gasteiger partial charge in [-0.3, -0.25) is 0 Å². The van der Waals surface area contributed by atoms with Gasteiger partial charge in [-0.2, -0.15) is 0 Å². The Kier molecular flexibility index (Phi) is 2.55. The predicted octanol–water partition coefficient (Wildman–Crippen LogP) is 1.54. The number of hydrogen-bond acceptors (Lipinski definition) is 2. The Bertz CT molecular complexity index is 130. The summed E-state index contributed by atoms with van der Waals surface area (Å²) in [6.07, 6.45) is 2.86. The van der Waals surface area contributed by atoms with Crippen molar-refractivity contribution in [1.82, 2.24) is 0 Å². The smallest absolute Gasteiger partial charge is 0.0626 e. The highest BCUT2D eigenvalue weighted by Gasteiger charge is 2.42. The molecule has 1 saturated carbocycles. The fraction of sp³-hybridized carbons (Fsp3) is 1.00. The highest BCUT2D eigenvalue weighted by Crippen LogP contribution is 2.47. The van der Waals surface area contributed by atoms with Crippen LogP contribution in [0.15, 0.2) is 0 Å². The molecule has 1 fully saturated rings. The second kappa shape index (κ2) is 3.11. The lowest BCUT2D eigenvalue weighted by Gasteiger charge is -2.19. The van der Waals surface area contributed by atoms with Gasteiger partial charge in [-0.25, -0.2) is 0 Å². The lowest BCUT2D eigenvalue weighted by Crippen LogP contribution is -2.35. The van der Waals surface area contributed by atoms with Gasteiger partial charge in [-0.1, -0.05) is 6.92 Å². The Morgan fingerprint density at radius 1 is 1.45 bits per heavy atom. The summed E-state index contributed by atoms with van der Waals surface area (Å²) in [5.41, 5.74) is 6.33. The molecule has 1 aliphatic carbocycles. The summed E-state index contributed by atoms with van der Waals surface area (Å²) in [6, 6.07) is 0.241. The van der Waals surface area contributed by atoms with Crippen molar-refractivity contribution in [1.29, 1.82) is 0 Å². The van der Waals surface area contributed by atoms with Crippen LogP contribution in [0.4, 0.5) is 0 Å². The Morgan fingerprint density at radius 2 is 2.00 bits per heavy atom. The van der Waals surface area contributed by atoms with E-state index in [0.717, 1.165) is 0 Å². The van der Waals surface area contributed by atoms with Crippen LogP contribution in [0.1, 0.15) is 33.6 Å². The van der Waals surface area contributed by atoms with Crippen LogP contribution in [0, 0.1) is 5.41 Å². The molecule has 0 heterocycles.